The van der Waals surface area contributed by atoms with Crippen molar-refractivity contribution in [3.05, 3.63) is 64.7 Å². The maximum atomic E-state index is 12.9. The van der Waals surface area contributed by atoms with Crippen LogP contribution < -0.4 is 4.74 Å². The van der Waals surface area contributed by atoms with Crippen molar-refractivity contribution < 1.29 is 9.53 Å². The van der Waals surface area contributed by atoms with Gasteiger partial charge in [-0.3, -0.25) is 4.79 Å². The molecule has 0 amide bonds. The van der Waals surface area contributed by atoms with Crippen LogP contribution in [0.3, 0.4) is 0 Å². The molecule has 128 valence electrons. The summed E-state index contributed by atoms with van der Waals surface area (Å²) in [6.07, 6.45) is 0.821. The summed E-state index contributed by atoms with van der Waals surface area (Å²) in [5, 5.41) is 4.73. The number of aromatic nitrogens is 3. The summed E-state index contributed by atoms with van der Waals surface area (Å²) in [5.74, 6) is 0.0797. The first kappa shape index (κ1) is 17.2. The lowest BCUT2D eigenvalue weighted by Crippen LogP contribution is -2.15. The summed E-state index contributed by atoms with van der Waals surface area (Å²) in [7, 11) is 0. The van der Waals surface area contributed by atoms with Crippen molar-refractivity contribution in [1.29, 1.82) is 0 Å². The van der Waals surface area contributed by atoms with Gasteiger partial charge in [0.05, 0.1) is 11.6 Å². The standard InChI is InChI=1S/C19H18ClN3O2/c1-3-12-25-19-21-17(15-6-4-5-7-16(15)20)23(22-19)18(24)14-10-8-13(2)9-11-14/h4-11H,3,12H2,1-2H3. The minimum absolute atomic E-state index is 0.164. The summed E-state index contributed by atoms with van der Waals surface area (Å²) in [6, 6.07) is 14.7. The molecular weight excluding hydrogens is 338 g/mol. The predicted octanol–water partition coefficient (Wildman–Crippen LogP) is 4.38. The average Bonchev–Trinajstić information content (AvgIpc) is 3.04. The molecule has 1 heterocycles. The Morgan fingerprint density at radius 2 is 1.88 bits per heavy atom. The van der Waals surface area contributed by atoms with Crippen molar-refractivity contribution in [2.45, 2.75) is 20.3 Å². The van der Waals surface area contributed by atoms with Gasteiger partial charge in [0.1, 0.15) is 0 Å². The molecular formula is C19H18ClN3O2. The van der Waals surface area contributed by atoms with E-state index in [4.69, 9.17) is 16.3 Å². The Bertz CT molecular complexity index is 888. The Morgan fingerprint density at radius 1 is 1.16 bits per heavy atom. The zero-order valence-corrected chi connectivity index (χ0v) is 14.8. The van der Waals surface area contributed by atoms with E-state index in [1.54, 1.807) is 24.3 Å². The summed E-state index contributed by atoms with van der Waals surface area (Å²) in [5.41, 5.74) is 2.22. The van der Waals surface area contributed by atoms with Gasteiger partial charge in [0.15, 0.2) is 5.82 Å². The Hall–Kier alpha value is -2.66. The maximum Gasteiger partial charge on any atom is 0.336 e. The summed E-state index contributed by atoms with van der Waals surface area (Å²) in [6.45, 7) is 4.43. The second-order valence-electron chi connectivity index (χ2n) is 5.63. The van der Waals surface area contributed by atoms with E-state index >= 15 is 0 Å². The smallest absolute Gasteiger partial charge is 0.336 e. The number of carbonyl (C=O) groups is 1. The topological polar surface area (TPSA) is 57.0 Å². The fraction of sp³-hybridized carbons (Fsp3) is 0.211. The van der Waals surface area contributed by atoms with Gasteiger partial charge in [-0.05, 0) is 37.6 Å². The molecule has 0 N–H and O–H groups in total. The number of hydrogen-bond donors (Lipinski definition) is 0. The fourth-order valence-corrected chi connectivity index (χ4v) is 2.54. The second-order valence-corrected chi connectivity index (χ2v) is 6.04. The quantitative estimate of drug-likeness (QED) is 0.681. The molecule has 0 saturated heterocycles. The van der Waals surface area contributed by atoms with Crippen molar-refractivity contribution in [2.24, 2.45) is 0 Å². The highest BCUT2D eigenvalue weighted by atomic mass is 35.5. The fourth-order valence-electron chi connectivity index (χ4n) is 2.32. The molecule has 3 aromatic rings. The van der Waals surface area contributed by atoms with Crippen LogP contribution in [0.1, 0.15) is 29.3 Å². The molecule has 0 bridgehead atoms. The maximum absolute atomic E-state index is 12.9. The van der Waals surface area contributed by atoms with E-state index in [9.17, 15) is 4.79 Å². The molecule has 2 aromatic carbocycles. The van der Waals surface area contributed by atoms with E-state index in [-0.39, 0.29) is 11.9 Å². The Labute approximate surface area is 151 Å². The van der Waals surface area contributed by atoms with Gasteiger partial charge in [0.25, 0.3) is 5.91 Å². The van der Waals surface area contributed by atoms with Crippen LogP contribution in [0.25, 0.3) is 11.4 Å². The van der Waals surface area contributed by atoms with Gasteiger partial charge in [-0.15, -0.1) is 5.10 Å². The zero-order chi connectivity index (χ0) is 17.8. The third-order valence-electron chi connectivity index (χ3n) is 3.63. The van der Waals surface area contributed by atoms with Gasteiger partial charge in [0.2, 0.25) is 0 Å². The molecule has 0 aliphatic heterocycles. The van der Waals surface area contributed by atoms with E-state index < -0.39 is 0 Å². The molecule has 5 nitrogen and oxygen atoms in total. The third kappa shape index (κ3) is 3.72. The lowest BCUT2D eigenvalue weighted by Gasteiger charge is -2.06. The van der Waals surface area contributed by atoms with Crippen molar-refractivity contribution in [1.82, 2.24) is 14.8 Å². The summed E-state index contributed by atoms with van der Waals surface area (Å²) in [4.78, 5) is 17.3. The van der Waals surface area contributed by atoms with Crippen LogP contribution in [-0.2, 0) is 0 Å². The van der Waals surface area contributed by atoms with Crippen LogP contribution in [0.2, 0.25) is 5.02 Å². The number of halogens is 1. The Balaban J connectivity index is 2.07. The van der Waals surface area contributed by atoms with Gasteiger partial charge in [-0.25, -0.2) is 0 Å². The molecule has 0 aliphatic carbocycles. The van der Waals surface area contributed by atoms with Gasteiger partial charge in [-0.2, -0.15) is 9.67 Å². The number of hydrogen-bond acceptors (Lipinski definition) is 4. The number of benzene rings is 2. The first-order chi connectivity index (χ1) is 12.1. The van der Waals surface area contributed by atoms with Crippen LogP contribution in [0, 0.1) is 6.92 Å². The van der Waals surface area contributed by atoms with E-state index in [0.717, 1.165) is 12.0 Å². The predicted molar refractivity (Wildman–Crippen MR) is 97.2 cm³/mol. The van der Waals surface area contributed by atoms with Crippen molar-refractivity contribution in [2.75, 3.05) is 6.61 Å². The highest BCUT2D eigenvalue weighted by molar-refractivity contribution is 6.33. The van der Waals surface area contributed by atoms with E-state index in [0.29, 0.717) is 28.6 Å². The molecule has 3 rings (SSSR count). The minimum Gasteiger partial charge on any atom is -0.462 e. The first-order valence-corrected chi connectivity index (χ1v) is 8.44. The molecule has 0 atom stereocenters. The molecule has 0 unspecified atom stereocenters. The van der Waals surface area contributed by atoms with Crippen LogP contribution in [0.4, 0.5) is 0 Å². The lowest BCUT2D eigenvalue weighted by molar-refractivity contribution is 0.0944. The van der Waals surface area contributed by atoms with Gasteiger partial charge < -0.3 is 4.74 Å². The lowest BCUT2D eigenvalue weighted by atomic mass is 10.1. The number of ether oxygens (including phenoxy) is 1. The number of carbonyl (C=O) groups excluding carboxylic acids is 1. The minimum atomic E-state index is -0.284. The van der Waals surface area contributed by atoms with Crippen LogP contribution in [-0.4, -0.2) is 27.3 Å². The zero-order valence-electron chi connectivity index (χ0n) is 14.1. The molecule has 0 spiro atoms. The highest BCUT2D eigenvalue weighted by Crippen LogP contribution is 2.28. The van der Waals surface area contributed by atoms with E-state index in [2.05, 4.69) is 10.1 Å². The average molecular weight is 356 g/mol. The van der Waals surface area contributed by atoms with Gasteiger partial charge in [0, 0.05) is 11.1 Å². The number of nitrogens with zero attached hydrogens (tertiary/aromatic N) is 3. The second kappa shape index (κ2) is 7.49. The molecule has 0 saturated carbocycles. The van der Waals surface area contributed by atoms with Crippen LogP contribution in [0.5, 0.6) is 6.01 Å². The van der Waals surface area contributed by atoms with Crippen LogP contribution >= 0.6 is 11.6 Å². The molecule has 0 radical (unpaired) electrons. The molecule has 0 aliphatic rings. The highest BCUT2D eigenvalue weighted by Gasteiger charge is 2.21. The first-order valence-electron chi connectivity index (χ1n) is 8.06. The third-order valence-corrected chi connectivity index (χ3v) is 3.96. The molecule has 25 heavy (non-hydrogen) atoms. The van der Waals surface area contributed by atoms with E-state index in [1.165, 1.54) is 4.68 Å². The summed E-state index contributed by atoms with van der Waals surface area (Å²) >= 11 is 6.28. The van der Waals surface area contributed by atoms with Crippen molar-refractivity contribution in [3.8, 4) is 17.4 Å². The Morgan fingerprint density at radius 3 is 2.56 bits per heavy atom. The Kier molecular flexibility index (Phi) is 5.14. The largest absolute Gasteiger partial charge is 0.462 e. The van der Waals surface area contributed by atoms with Crippen molar-refractivity contribution in [3.63, 3.8) is 0 Å². The normalized spacial score (nSPS) is 10.7. The number of aryl methyl sites for hydroxylation is 1. The van der Waals surface area contributed by atoms with Gasteiger partial charge in [-0.1, -0.05) is 48.4 Å². The summed E-state index contributed by atoms with van der Waals surface area (Å²) < 4.78 is 6.75. The molecule has 0 fully saturated rings. The monoisotopic (exact) mass is 355 g/mol. The molecule has 1 aromatic heterocycles. The SMILES string of the molecule is CCCOc1nc(-c2ccccc2Cl)n(C(=O)c2ccc(C)cc2)n1. The molecule has 6 heteroatoms. The van der Waals surface area contributed by atoms with Crippen LogP contribution in [0.15, 0.2) is 48.5 Å². The van der Waals surface area contributed by atoms with Gasteiger partial charge >= 0.3 is 6.01 Å². The van der Waals surface area contributed by atoms with Crippen molar-refractivity contribution >= 4 is 17.5 Å². The number of rotatable bonds is 5. The van der Waals surface area contributed by atoms with E-state index in [1.807, 2.05) is 38.1 Å².